The smallest absolute Gasteiger partial charge is 0.379 e. The molecule has 0 N–H and O–H groups in total. The van der Waals surface area contributed by atoms with E-state index < -0.39 is 5.63 Å². The summed E-state index contributed by atoms with van der Waals surface area (Å²) in [5.74, 6) is 0.223. The first-order valence-electron chi connectivity index (χ1n) is 7.73. The van der Waals surface area contributed by atoms with Crippen molar-refractivity contribution in [3.05, 3.63) is 76.7 Å². The first kappa shape index (κ1) is 15.9. The number of fused-ring (bicyclic) bond motifs is 1. The first-order valence-corrected chi connectivity index (χ1v) is 7.73. The van der Waals surface area contributed by atoms with Crippen LogP contribution in [0, 0.1) is 0 Å². The molecule has 0 saturated carbocycles. The molecule has 0 fully saturated rings. The average Bonchev–Trinajstić information content (AvgIpc) is 2.59. The summed E-state index contributed by atoms with van der Waals surface area (Å²) in [6.45, 7) is 0.304. The highest BCUT2D eigenvalue weighted by molar-refractivity contribution is 5.77. The van der Waals surface area contributed by atoms with Gasteiger partial charge in [-0.15, -0.1) is 0 Å². The van der Waals surface area contributed by atoms with E-state index in [1.54, 1.807) is 12.1 Å². The van der Waals surface area contributed by atoms with Crippen LogP contribution in [0.2, 0.25) is 0 Å². The number of para-hydroxylation sites is 1. The fourth-order valence-electron chi connectivity index (χ4n) is 2.35. The Bertz CT molecular complexity index is 908. The molecular weight excluding hydrogens is 302 g/mol. The van der Waals surface area contributed by atoms with Crippen molar-refractivity contribution < 1.29 is 9.15 Å². The fourth-order valence-corrected chi connectivity index (χ4v) is 2.35. The summed E-state index contributed by atoms with van der Waals surface area (Å²) in [6, 6.07) is 17.3. The van der Waals surface area contributed by atoms with Crippen LogP contribution in [0.3, 0.4) is 0 Å². The van der Waals surface area contributed by atoms with E-state index in [2.05, 4.69) is 17.0 Å². The van der Waals surface area contributed by atoms with E-state index in [1.165, 1.54) is 0 Å². The molecule has 0 unspecified atom stereocenters. The lowest BCUT2D eigenvalue weighted by molar-refractivity contribution is 0.342. The lowest BCUT2D eigenvalue weighted by Crippen LogP contribution is -2.08. The van der Waals surface area contributed by atoms with Gasteiger partial charge in [-0.3, -0.25) is 0 Å². The van der Waals surface area contributed by atoms with Crippen molar-refractivity contribution in [2.24, 2.45) is 0 Å². The van der Waals surface area contributed by atoms with Gasteiger partial charge in [0.05, 0.1) is 0 Å². The normalized spacial score (nSPS) is 11.1. The van der Waals surface area contributed by atoms with Gasteiger partial charge in [-0.05, 0) is 35.9 Å². The van der Waals surface area contributed by atoms with Crippen LogP contribution >= 0.6 is 0 Å². The molecule has 0 bridgehead atoms. The summed E-state index contributed by atoms with van der Waals surface area (Å²) in [7, 11) is 4.02. The first-order chi connectivity index (χ1) is 11.6. The van der Waals surface area contributed by atoms with Crippen LogP contribution in [-0.4, -0.2) is 20.7 Å². The van der Waals surface area contributed by atoms with Gasteiger partial charge in [-0.25, -0.2) is 4.79 Å². The van der Waals surface area contributed by atoms with Crippen molar-refractivity contribution >= 4 is 22.7 Å². The van der Waals surface area contributed by atoms with E-state index in [1.807, 2.05) is 56.6 Å². The summed E-state index contributed by atoms with van der Waals surface area (Å²) in [6.07, 6.45) is 3.83. The zero-order valence-corrected chi connectivity index (χ0v) is 13.7. The van der Waals surface area contributed by atoms with Gasteiger partial charge in [0.15, 0.2) is 0 Å². The maximum absolute atomic E-state index is 11.9. The Morgan fingerprint density at radius 1 is 1.08 bits per heavy atom. The molecule has 3 rings (SSSR count). The zero-order valence-electron chi connectivity index (χ0n) is 13.7. The molecule has 4 heteroatoms. The van der Waals surface area contributed by atoms with Gasteiger partial charge in [0, 0.05) is 25.2 Å². The molecule has 1 heterocycles. The zero-order chi connectivity index (χ0) is 16.9. The fraction of sp³-hybridized carbons (Fsp3) is 0.150. The Labute approximate surface area is 140 Å². The summed E-state index contributed by atoms with van der Waals surface area (Å²) in [5, 5.41) is 0.843. The second kappa shape index (κ2) is 7.04. The van der Waals surface area contributed by atoms with E-state index in [0.29, 0.717) is 12.2 Å². The van der Waals surface area contributed by atoms with Gasteiger partial charge in [0.1, 0.15) is 12.2 Å². The molecule has 24 heavy (non-hydrogen) atoms. The molecule has 4 nitrogen and oxygen atoms in total. The molecule has 2 aromatic carbocycles. The molecule has 0 spiro atoms. The van der Waals surface area contributed by atoms with Crippen LogP contribution in [0.4, 0.5) is 5.69 Å². The molecular formula is C20H19NO3. The molecule has 0 aliphatic carbocycles. The predicted octanol–water partition coefficient (Wildman–Crippen LogP) is 3.95. The van der Waals surface area contributed by atoms with Crippen molar-refractivity contribution in [3.8, 4) is 5.75 Å². The van der Waals surface area contributed by atoms with Crippen molar-refractivity contribution in [3.63, 3.8) is 0 Å². The molecule has 0 aliphatic rings. The maximum Gasteiger partial charge on any atom is 0.379 e. The molecule has 0 saturated heterocycles. The number of hydrogen-bond acceptors (Lipinski definition) is 4. The molecule has 1 aromatic heterocycles. The second-order valence-electron chi connectivity index (χ2n) is 5.64. The van der Waals surface area contributed by atoms with Gasteiger partial charge in [-0.2, -0.15) is 0 Å². The molecule has 0 atom stereocenters. The van der Waals surface area contributed by atoms with Crippen LogP contribution in [-0.2, 0) is 0 Å². The van der Waals surface area contributed by atoms with Gasteiger partial charge >= 0.3 is 5.63 Å². The quantitative estimate of drug-likeness (QED) is 0.667. The van der Waals surface area contributed by atoms with E-state index in [4.69, 9.17) is 9.15 Å². The largest absolute Gasteiger partial charge is 0.482 e. The second-order valence-corrected chi connectivity index (χ2v) is 5.64. The minimum Gasteiger partial charge on any atom is -0.482 e. The number of ether oxygens (including phenoxy) is 1. The third kappa shape index (κ3) is 3.66. The Morgan fingerprint density at radius 3 is 2.58 bits per heavy atom. The Morgan fingerprint density at radius 2 is 1.83 bits per heavy atom. The Balaban J connectivity index is 1.65. The third-order valence-electron chi connectivity index (χ3n) is 3.66. The van der Waals surface area contributed by atoms with E-state index in [-0.39, 0.29) is 5.75 Å². The summed E-state index contributed by atoms with van der Waals surface area (Å²) in [4.78, 5) is 13.9. The molecule has 0 amide bonds. The average molecular weight is 321 g/mol. The summed E-state index contributed by atoms with van der Waals surface area (Å²) in [5.41, 5.74) is 2.33. The third-order valence-corrected chi connectivity index (χ3v) is 3.66. The van der Waals surface area contributed by atoms with Crippen LogP contribution in [0.1, 0.15) is 5.56 Å². The van der Waals surface area contributed by atoms with Crippen LogP contribution in [0.15, 0.2) is 69.9 Å². The van der Waals surface area contributed by atoms with E-state index in [0.717, 1.165) is 16.6 Å². The van der Waals surface area contributed by atoms with Crippen molar-refractivity contribution in [2.45, 2.75) is 0 Å². The SMILES string of the molecule is CN(C)c1ccc(/C=C/COc2cc3ccccc3oc2=O)cc1. The lowest BCUT2D eigenvalue weighted by atomic mass is 10.2. The number of nitrogens with zero attached hydrogens (tertiary/aromatic N) is 1. The molecule has 122 valence electrons. The minimum absolute atomic E-state index is 0.223. The highest BCUT2D eigenvalue weighted by Crippen LogP contribution is 2.17. The van der Waals surface area contributed by atoms with Crippen molar-refractivity contribution in [2.75, 3.05) is 25.6 Å². The van der Waals surface area contributed by atoms with Gasteiger partial charge in [-0.1, -0.05) is 36.4 Å². The van der Waals surface area contributed by atoms with E-state index in [9.17, 15) is 4.79 Å². The van der Waals surface area contributed by atoms with E-state index >= 15 is 0 Å². The number of rotatable bonds is 5. The number of benzene rings is 2. The number of anilines is 1. The molecule has 0 aliphatic heterocycles. The molecule has 3 aromatic rings. The minimum atomic E-state index is -0.461. The van der Waals surface area contributed by atoms with Crippen LogP contribution < -0.4 is 15.3 Å². The van der Waals surface area contributed by atoms with Crippen LogP contribution in [0.5, 0.6) is 5.75 Å². The highest BCUT2D eigenvalue weighted by atomic mass is 16.5. The highest BCUT2D eigenvalue weighted by Gasteiger charge is 2.04. The molecule has 0 radical (unpaired) electrons. The van der Waals surface area contributed by atoms with Crippen molar-refractivity contribution in [1.82, 2.24) is 0 Å². The predicted molar refractivity (Wildman–Crippen MR) is 97.8 cm³/mol. The topological polar surface area (TPSA) is 42.7 Å². The van der Waals surface area contributed by atoms with Gasteiger partial charge < -0.3 is 14.1 Å². The van der Waals surface area contributed by atoms with Gasteiger partial charge in [0.2, 0.25) is 5.75 Å². The summed E-state index contributed by atoms with van der Waals surface area (Å²) >= 11 is 0. The van der Waals surface area contributed by atoms with Crippen molar-refractivity contribution in [1.29, 1.82) is 0 Å². The van der Waals surface area contributed by atoms with Crippen LogP contribution in [0.25, 0.3) is 17.0 Å². The van der Waals surface area contributed by atoms with Gasteiger partial charge in [0.25, 0.3) is 0 Å². The maximum atomic E-state index is 11.9. The Kier molecular flexibility index (Phi) is 4.66. The monoisotopic (exact) mass is 321 g/mol. The lowest BCUT2D eigenvalue weighted by Gasteiger charge is -2.11. The standard InChI is InChI=1S/C20H19NO3/c1-21(2)17-11-9-15(10-12-17)6-5-13-23-19-14-16-7-3-4-8-18(16)24-20(19)22/h3-12,14H,13H2,1-2H3/b6-5+. The Hall–Kier alpha value is -3.01. The summed E-state index contributed by atoms with van der Waals surface area (Å²) < 4.78 is 10.8. The number of hydrogen-bond donors (Lipinski definition) is 0.